The predicted octanol–water partition coefficient (Wildman–Crippen LogP) is 1.84. The molecule has 11 nitrogen and oxygen atoms in total. The number of aromatic nitrogens is 5. The zero-order chi connectivity index (χ0) is 27.3. The normalized spacial score (nSPS) is 27.1. The summed E-state index contributed by atoms with van der Waals surface area (Å²) in [6.07, 6.45) is -1.55. The Labute approximate surface area is 218 Å². The Morgan fingerprint density at radius 1 is 1.03 bits per heavy atom. The Balaban J connectivity index is 1.19. The maximum atomic E-state index is 13.7. The van der Waals surface area contributed by atoms with Crippen molar-refractivity contribution >= 4 is 16.6 Å². The van der Waals surface area contributed by atoms with Crippen LogP contribution in [0.1, 0.15) is 24.4 Å². The number of nitrogens with zero attached hydrogens (tertiary/aromatic N) is 5. The fourth-order valence-electron chi connectivity index (χ4n) is 5.05. The van der Waals surface area contributed by atoms with Gasteiger partial charge in [0.25, 0.3) is 0 Å². The van der Waals surface area contributed by atoms with Gasteiger partial charge in [0.15, 0.2) is 17.5 Å². The van der Waals surface area contributed by atoms with Crippen LogP contribution in [-0.4, -0.2) is 83.3 Å². The second-order valence-corrected chi connectivity index (χ2v) is 9.58. The van der Waals surface area contributed by atoms with Crippen molar-refractivity contribution in [2.24, 2.45) is 5.16 Å². The minimum absolute atomic E-state index is 0.0119. The number of H-pyrrole nitrogens is 1. The standard InChI is InChI=1S/C25H23F3N6O5/c26-15-3-13(4-16(27)22(15)28)19-9-34(33-31-19)23-24(36)20(38-21(10-35)25(23)37)7-14-6-18(32-39-14)11-1-2-12-8-29-30-17(12)5-11/h1-5,8-9,14,20-21,23-25,35-37H,6-7,10H2,(H,29,30)/t14?,20-,21-,23-,24+,25+/m1/s1. The van der Waals surface area contributed by atoms with Crippen molar-refractivity contribution in [2.75, 3.05) is 6.61 Å². The molecule has 0 radical (unpaired) electrons. The molecule has 14 heteroatoms. The van der Waals surface area contributed by atoms with E-state index >= 15 is 0 Å². The van der Waals surface area contributed by atoms with Crippen molar-refractivity contribution in [1.82, 2.24) is 25.2 Å². The van der Waals surface area contributed by atoms with Gasteiger partial charge >= 0.3 is 0 Å². The summed E-state index contributed by atoms with van der Waals surface area (Å²) in [5.41, 5.74) is 2.32. The molecule has 0 aliphatic carbocycles. The summed E-state index contributed by atoms with van der Waals surface area (Å²) < 4.78 is 47.8. The Bertz CT molecular complexity index is 1520. The third-order valence-electron chi connectivity index (χ3n) is 7.09. The van der Waals surface area contributed by atoms with Crippen LogP contribution in [0.3, 0.4) is 0 Å². The lowest BCUT2D eigenvalue weighted by atomic mass is 9.89. The van der Waals surface area contributed by atoms with Gasteiger partial charge in [-0.15, -0.1) is 5.10 Å². The number of halogens is 3. The molecular formula is C25H23F3N6O5. The molecule has 0 bridgehead atoms. The number of aromatic amines is 1. The van der Waals surface area contributed by atoms with Crippen LogP contribution in [0.4, 0.5) is 13.2 Å². The Morgan fingerprint density at radius 2 is 1.79 bits per heavy atom. The molecule has 2 aliphatic rings. The van der Waals surface area contributed by atoms with E-state index in [4.69, 9.17) is 9.57 Å². The monoisotopic (exact) mass is 544 g/mol. The molecule has 2 aromatic heterocycles. The second kappa shape index (κ2) is 10.0. The molecule has 4 aromatic rings. The Kier molecular flexibility index (Phi) is 6.54. The van der Waals surface area contributed by atoms with Crippen molar-refractivity contribution in [3.8, 4) is 11.3 Å². The van der Waals surface area contributed by atoms with Gasteiger partial charge < -0.3 is 24.9 Å². The van der Waals surface area contributed by atoms with Crippen LogP contribution >= 0.6 is 0 Å². The van der Waals surface area contributed by atoms with Gasteiger partial charge in [-0.25, -0.2) is 17.9 Å². The largest absolute Gasteiger partial charge is 0.394 e. The van der Waals surface area contributed by atoms with E-state index in [0.717, 1.165) is 33.3 Å². The summed E-state index contributed by atoms with van der Waals surface area (Å²) in [5, 5.41) is 51.7. The molecule has 0 amide bonds. The molecule has 4 N–H and O–H groups in total. The average molecular weight is 544 g/mol. The minimum Gasteiger partial charge on any atom is -0.394 e. The van der Waals surface area contributed by atoms with Gasteiger partial charge in [-0.1, -0.05) is 22.5 Å². The molecule has 2 aliphatic heterocycles. The Hall–Kier alpha value is -3.85. The van der Waals surface area contributed by atoms with E-state index in [0.29, 0.717) is 12.1 Å². The maximum absolute atomic E-state index is 13.7. The number of nitrogens with one attached hydrogen (secondary N) is 1. The molecule has 2 aromatic carbocycles. The molecule has 1 saturated heterocycles. The quantitative estimate of drug-likeness (QED) is 0.269. The van der Waals surface area contributed by atoms with Gasteiger partial charge in [0.2, 0.25) is 0 Å². The lowest BCUT2D eigenvalue weighted by molar-refractivity contribution is -0.212. The molecule has 1 fully saturated rings. The zero-order valence-corrected chi connectivity index (χ0v) is 20.2. The predicted molar refractivity (Wildman–Crippen MR) is 129 cm³/mol. The maximum Gasteiger partial charge on any atom is 0.194 e. The highest BCUT2D eigenvalue weighted by Gasteiger charge is 2.47. The smallest absolute Gasteiger partial charge is 0.194 e. The van der Waals surface area contributed by atoms with Crippen LogP contribution < -0.4 is 0 Å². The van der Waals surface area contributed by atoms with Gasteiger partial charge in [0, 0.05) is 29.4 Å². The molecule has 204 valence electrons. The fraction of sp³-hybridized carbons (Fsp3) is 0.360. The molecule has 39 heavy (non-hydrogen) atoms. The summed E-state index contributed by atoms with van der Waals surface area (Å²) in [5.74, 6) is -4.40. The molecule has 4 heterocycles. The SMILES string of the molecule is OC[C@H]1O[C@H](CC2CC(c3ccc4cn[nH]c4c3)=NO2)[C@H](O)[C@@H](n2cc(-c3cc(F)c(F)c(F)c3)nn2)[C@H]1O. The highest BCUT2D eigenvalue weighted by Crippen LogP contribution is 2.34. The van der Waals surface area contributed by atoms with Crippen LogP contribution in [0.5, 0.6) is 0 Å². The van der Waals surface area contributed by atoms with E-state index in [9.17, 15) is 28.5 Å². The van der Waals surface area contributed by atoms with Gasteiger partial charge in [-0.3, -0.25) is 5.10 Å². The van der Waals surface area contributed by atoms with Crippen LogP contribution in [0.2, 0.25) is 0 Å². The summed E-state index contributed by atoms with van der Waals surface area (Å²) in [4.78, 5) is 5.60. The van der Waals surface area contributed by atoms with E-state index in [1.807, 2.05) is 18.2 Å². The molecule has 6 atom stereocenters. The highest BCUT2D eigenvalue weighted by molar-refractivity contribution is 6.03. The van der Waals surface area contributed by atoms with Crippen molar-refractivity contribution in [3.05, 3.63) is 65.7 Å². The first-order valence-electron chi connectivity index (χ1n) is 12.2. The van der Waals surface area contributed by atoms with Gasteiger partial charge in [-0.2, -0.15) is 5.10 Å². The number of rotatable bonds is 6. The van der Waals surface area contributed by atoms with Gasteiger partial charge in [-0.05, 0) is 18.2 Å². The number of aliphatic hydroxyl groups is 3. The lowest BCUT2D eigenvalue weighted by Crippen LogP contribution is -2.56. The first kappa shape index (κ1) is 25.4. The number of oxime groups is 1. The fourth-order valence-corrected chi connectivity index (χ4v) is 5.05. The van der Waals surface area contributed by atoms with E-state index < -0.39 is 60.6 Å². The van der Waals surface area contributed by atoms with E-state index in [2.05, 4.69) is 25.7 Å². The number of ether oxygens (including phenoxy) is 1. The highest BCUT2D eigenvalue weighted by atomic mass is 19.2. The number of aliphatic hydroxyl groups excluding tert-OH is 3. The third kappa shape index (κ3) is 4.65. The first-order valence-corrected chi connectivity index (χ1v) is 12.2. The summed E-state index contributed by atoms with van der Waals surface area (Å²) >= 11 is 0. The summed E-state index contributed by atoms with van der Waals surface area (Å²) in [6.45, 7) is -0.547. The van der Waals surface area contributed by atoms with Crippen molar-refractivity contribution in [2.45, 2.75) is 49.4 Å². The number of fused-ring (bicyclic) bond motifs is 1. The average Bonchev–Trinajstić information content (AvgIpc) is 3.69. The van der Waals surface area contributed by atoms with E-state index in [1.54, 1.807) is 6.20 Å². The van der Waals surface area contributed by atoms with E-state index in [-0.39, 0.29) is 17.7 Å². The van der Waals surface area contributed by atoms with Gasteiger partial charge in [0.1, 0.15) is 36.2 Å². The number of hydrogen-bond donors (Lipinski definition) is 4. The van der Waals surface area contributed by atoms with E-state index in [1.165, 1.54) is 6.20 Å². The van der Waals surface area contributed by atoms with Crippen LogP contribution in [0.25, 0.3) is 22.2 Å². The van der Waals surface area contributed by atoms with Crippen LogP contribution in [-0.2, 0) is 9.57 Å². The minimum atomic E-state index is -1.61. The van der Waals surface area contributed by atoms with Crippen LogP contribution in [0, 0.1) is 17.5 Å². The van der Waals surface area contributed by atoms with Crippen molar-refractivity contribution in [1.29, 1.82) is 0 Å². The number of benzene rings is 2. The Morgan fingerprint density at radius 3 is 2.56 bits per heavy atom. The zero-order valence-electron chi connectivity index (χ0n) is 20.2. The first-order chi connectivity index (χ1) is 18.8. The van der Waals surface area contributed by atoms with Crippen molar-refractivity contribution < 1.29 is 38.1 Å². The third-order valence-corrected chi connectivity index (χ3v) is 7.09. The van der Waals surface area contributed by atoms with Crippen LogP contribution in [0.15, 0.2) is 47.9 Å². The second-order valence-electron chi connectivity index (χ2n) is 9.58. The lowest BCUT2D eigenvalue weighted by Gasteiger charge is -2.42. The topological polar surface area (TPSA) is 151 Å². The number of hydrogen-bond acceptors (Lipinski definition) is 9. The molecule has 6 rings (SSSR count). The summed E-state index contributed by atoms with van der Waals surface area (Å²) in [6, 6.07) is 6.14. The summed E-state index contributed by atoms with van der Waals surface area (Å²) in [7, 11) is 0. The molecular weight excluding hydrogens is 521 g/mol. The molecule has 0 saturated carbocycles. The van der Waals surface area contributed by atoms with Gasteiger partial charge in [0.05, 0.1) is 36.3 Å². The molecule has 1 unspecified atom stereocenters. The molecule has 0 spiro atoms. The van der Waals surface area contributed by atoms with Crippen molar-refractivity contribution in [3.63, 3.8) is 0 Å².